The molecule has 1 aliphatic rings. The fourth-order valence-corrected chi connectivity index (χ4v) is 3.32. The lowest BCUT2D eigenvalue weighted by molar-refractivity contribution is -0.137. The van der Waals surface area contributed by atoms with Crippen LogP contribution in [0.15, 0.2) is 48.5 Å². The molecule has 0 radical (unpaired) electrons. The van der Waals surface area contributed by atoms with E-state index in [1.807, 2.05) is 0 Å². The van der Waals surface area contributed by atoms with Gasteiger partial charge >= 0.3 is 6.18 Å². The van der Waals surface area contributed by atoms with Crippen molar-refractivity contribution < 1.29 is 27.6 Å². The molecule has 1 atom stereocenters. The number of hydrogen-bond donors (Lipinski definition) is 2. The molecule has 1 aliphatic heterocycles. The Morgan fingerprint density at radius 3 is 2.42 bits per heavy atom. The van der Waals surface area contributed by atoms with Crippen LogP contribution in [0.1, 0.15) is 22.3 Å². The van der Waals surface area contributed by atoms with Crippen molar-refractivity contribution in [2.75, 3.05) is 24.5 Å². The van der Waals surface area contributed by atoms with Gasteiger partial charge in [-0.3, -0.25) is 14.4 Å². The number of nitrogens with zero attached hydrogens (tertiary/aromatic N) is 1. The van der Waals surface area contributed by atoms with E-state index in [1.165, 1.54) is 17.0 Å². The van der Waals surface area contributed by atoms with Crippen LogP contribution >= 0.6 is 11.6 Å². The van der Waals surface area contributed by atoms with Crippen molar-refractivity contribution in [3.63, 3.8) is 0 Å². The van der Waals surface area contributed by atoms with E-state index < -0.39 is 29.5 Å². The summed E-state index contributed by atoms with van der Waals surface area (Å²) in [4.78, 5) is 37.8. The second-order valence-electron chi connectivity index (χ2n) is 7.01. The topological polar surface area (TPSA) is 78.5 Å². The van der Waals surface area contributed by atoms with E-state index in [0.29, 0.717) is 10.6 Å². The highest BCUT2D eigenvalue weighted by Crippen LogP contribution is 2.33. The molecule has 2 aromatic carbocycles. The van der Waals surface area contributed by atoms with E-state index in [9.17, 15) is 27.6 Å². The summed E-state index contributed by atoms with van der Waals surface area (Å²) < 4.78 is 38.7. The zero-order chi connectivity index (χ0) is 22.6. The number of carbonyl (C=O) groups is 3. The van der Waals surface area contributed by atoms with Gasteiger partial charge in [0.1, 0.15) is 0 Å². The fraction of sp³-hybridized carbons (Fsp3) is 0.286. The lowest BCUT2D eigenvalue weighted by Crippen LogP contribution is -2.38. The molecule has 0 aliphatic carbocycles. The molecule has 2 aromatic rings. The van der Waals surface area contributed by atoms with Gasteiger partial charge in [0.15, 0.2) is 0 Å². The zero-order valence-electron chi connectivity index (χ0n) is 16.2. The molecule has 10 heteroatoms. The molecule has 0 aromatic heterocycles. The number of nitrogens with one attached hydrogen (secondary N) is 2. The molecule has 0 spiro atoms. The number of amides is 3. The summed E-state index contributed by atoms with van der Waals surface area (Å²) in [7, 11) is 0. The van der Waals surface area contributed by atoms with E-state index in [2.05, 4.69) is 10.6 Å². The summed E-state index contributed by atoms with van der Waals surface area (Å²) in [6.45, 7) is 0.306. The van der Waals surface area contributed by atoms with Crippen LogP contribution in [0, 0.1) is 5.92 Å². The molecule has 31 heavy (non-hydrogen) atoms. The van der Waals surface area contributed by atoms with Crippen molar-refractivity contribution in [2.45, 2.75) is 12.6 Å². The molecule has 6 nitrogen and oxygen atoms in total. The molecule has 1 unspecified atom stereocenters. The Hall–Kier alpha value is -3.07. The summed E-state index contributed by atoms with van der Waals surface area (Å²) in [6, 6.07) is 10.8. The number of alkyl halides is 3. The molecular weight excluding hydrogens is 435 g/mol. The van der Waals surface area contributed by atoms with Crippen molar-refractivity contribution in [1.82, 2.24) is 10.6 Å². The Balaban J connectivity index is 1.49. The summed E-state index contributed by atoms with van der Waals surface area (Å²) in [5.74, 6) is -1.83. The minimum Gasteiger partial charge on any atom is -0.354 e. The van der Waals surface area contributed by atoms with Crippen LogP contribution in [0.25, 0.3) is 0 Å². The Kier molecular flexibility index (Phi) is 6.84. The van der Waals surface area contributed by atoms with E-state index in [-0.39, 0.29) is 37.6 Å². The van der Waals surface area contributed by atoms with Crippen molar-refractivity contribution >= 4 is 35.0 Å². The van der Waals surface area contributed by atoms with Crippen LogP contribution in [0.2, 0.25) is 5.02 Å². The van der Waals surface area contributed by atoms with Gasteiger partial charge in [0.05, 0.1) is 11.5 Å². The number of rotatable bonds is 6. The van der Waals surface area contributed by atoms with Crippen LogP contribution in [0.4, 0.5) is 18.9 Å². The molecule has 164 valence electrons. The summed E-state index contributed by atoms with van der Waals surface area (Å²) in [5, 5.41) is 5.79. The highest BCUT2D eigenvalue weighted by atomic mass is 35.5. The summed E-state index contributed by atoms with van der Waals surface area (Å²) in [6.07, 6.45) is -4.62. The third kappa shape index (κ3) is 5.75. The molecule has 1 heterocycles. The standard InChI is InChI=1S/C21H19ClF3N3O3/c22-16-6-4-13(5-7-16)19(30)26-8-9-27-20(31)14-10-18(29)28(12-14)17-3-1-2-15(11-17)21(23,24)25/h1-7,11,14H,8-10,12H2,(H,26,30)(H,27,31). The van der Waals surface area contributed by atoms with Crippen LogP contribution in [0.3, 0.4) is 0 Å². The lowest BCUT2D eigenvalue weighted by Gasteiger charge is -2.18. The van der Waals surface area contributed by atoms with E-state index in [1.54, 1.807) is 24.3 Å². The zero-order valence-corrected chi connectivity index (χ0v) is 17.0. The minimum atomic E-state index is -4.52. The van der Waals surface area contributed by atoms with Crippen molar-refractivity contribution in [1.29, 1.82) is 0 Å². The highest BCUT2D eigenvalue weighted by Gasteiger charge is 2.36. The fourth-order valence-electron chi connectivity index (χ4n) is 3.19. The summed E-state index contributed by atoms with van der Waals surface area (Å²) >= 11 is 5.77. The average Bonchev–Trinajstić information content (AvgIpc) is 3.12. The maximum Gasteiger partial charge on any atom is 0.416 e. The van der Waals surface area contributed by atoms with E-state index >= 15 is 0 Å². The lowest BCUT2D eigenvalue weighted by atomic mass is 10.1. The average molecular weight is 454 g/mol. The number of carbonyl (C=O) groups excluding carboxylic acids is 3. The Bertz CT molecular complexity index is 980. The molecule has 3 rings (SSSR count). The van der Waals surface area contributed by atoms with E-state index in [4.69, 9.17) is 11.6 Å². The largest absolute Gasteiger partial charge is 0.416 e. The molecule has 0 bridgehead atoms. The SMILES string of the molecule is O=C(NCCNC(=O)C1CC(=O)N(c2cccc(C(F)(F)F)c2)C1)c1ccc(Cl)cc1. The third-order valence-electron chi connectivity index (χ3n) is 4.80. The number of benzene rings is 2. The highest BCUT2D eigenvalue weighted by molar-refractivity contribution is 6.30. The Morgan fingerprint density at radius 1 is 1.06 bits per heavy atom. The first-order valence-corrected chi connectivity index (χ1v) is 9.82. The monoisotopic (exact) mass is 453 g/mol. The van der Waals surface area contributed by atoms with Crippen LogP contribution < -0.4 is 15.5 Å². The first-order chi connectivity index (χ1) is 14.6. The quantitative estimate of drug-likeness (QED) is 0.659. The van der Waals surface area contributed by atoms with Gasteiger partial charge in [-0.1, -0.05) is 17.7 Å². The minimum absolute atomic E-state index is 0.0108. The number of halogens is 4. The first kappa shape index (κ1) is 22.6. The van der Waals surface area contributed by atoms with Gasteiger partial charge in [-0.15, -0.1) is 0 Å². The predicted molar refractivity (Wildman–Crippen MR) is 109 cm³/mol. The first-order valence-electron chi connectivity index (χ1n) is 9.44. The molecule has 0 saturated carbocycles. The molecule has 2 N–H and O–H groups in total. The predicted octanol–water partition coefficient (Wildman–Crippen LogP) is 3.26. The van der Waals surface area contributed by atoms with Gasteiger partial charge in [0.2, 0.25) is 11.8 Å². The van der Waals surface area contributed by atoms with Gasteiger partial charge in [-0.2, -0.15) is 13.2 Å². The Morgan fingerprint density at radius 2 is 1.74 bits per heavy atom. The normalized spacial score (nSPS) is 16.3. The maximum atomic E-state index is 12.9. The third-order valence-corrected chi connectivity index (χ3v) is 5.05. The van der Waals surface area contributed by atoms with Crippen LogP contribution in [0.5, 0.6) is 0 Å². The van der Waals surface area contributed by atoms with Gasteiger partial charge < -0.3 is 15.5 Å². The van der Waals surface area contributed by atoms with Crippen molar-refractivity contribution in [2.24, 2.45) is 5.92 Å². The molecule has 3 amide bonds. The molecule has 1 saturated heterocycles. The molecule has 1 fully saturated rings. The molecular formula is C21H19ClF3N3O3. The van der Waals surface area contributed by atoms with Crippen molar-refractivity contribution in [3.8, 4) is 0 Å². The summed E-state index contributed by atoms with van der Waals surface area (Å²) in [5.41, 5.74) is -0.332. The van der Waals surface area contributed by atoms with Gasteiger partial charge in [-0.25, -0.2) is 0 Å². The van der Waals surface area contributed by atoms with Crippen LogP contribution in [-0.4, -0.2) is 37.4 Å². The number of anilines is 1. The second kappa shape index (κ2) is 9.38. The van der Waals surface area contributed by atoms with Gasteiger partial charge in [-0.05, 0) is 42.5 Å². The van der Waals surface area contributed by atoms with E-state index in [0.717, 1.165) is 12.1 Å². The van der Waals surface area contributed by atoms with Gasteiger partial charge in [0, 0.05) is 42.3 Å². The maximum absolute atomic E-state index is 12.9. The Labute approximate surface area is 181 Å². The smallest absolute Gasteiger partial charge is 0.354 e. The number of hydrogen-bond acceptors (Lipinski definition) is 3. The van der Waals surface area contributed by atoms with Crippen molar-refractivity contribution in [3.05, 3.63) is 64.7 Å². The van der Waals surface area contributed by atoms with Gasteiger partial charge in [0.25, 0.3) is 5.91 Å². The van der Waals surface area contributed by atoms with Crippen LogP contribution in [-0.2, 0) is 15.8 Å². The second-order valence-corrected chi connectivity index (χ2v) is 7.44.